The van der Waals surface area contributed by atoms with Crippen LogP contribution in [0, 0.1) is 6.92 Å². The zero-order valence-electron chi connectivity index (χ0n) is 13.7. The van der Waals surface area contributed by atoms with Crippen molar-refractivity contribution >= 4 is 21.7 Å². The van der Waals surface area contributed by atoms with E-state index in [0.29, 0.717) is 32.0 Å². The maximum atomic E-state index is 12.5. The number of H-pyrrole nitrogens is 1. The molecule has 1 aliphatic heterocycles. The number of sulfonamides is 1. The van der Waals surface area contributed by atoms with Crippen LogP contribution in [0.5, 0.6) is 0 Å². The Morgan fingerprint density at radius 1 is 1.25 bits per heavy atom. The Labute approximate surface area is 141 Å². The number of aromatic nitrogens is 4. The summed E-state index contributed by atoms with van der Waals surface area (Å²) in [5.74, 6) is 2.29. The first-order valence-corrected chi connectivity index (χ1v) is 9.27. The molecule has 24 heavy (non-hydrogen) atoms. The number of aryl methyl sites for hydroxylation is 1. The molecule has 0 bridgehead atoms. The van der Waals surface area contributed by atoms with Gasteiger partial charge in [-0.25, -0.2) is 23.4 Å². The van der Waals surface area contributed by atoms with Crippen LogP contribution in [0.15, 0.2) is 23.6 Å². The molecule has 0 amide bonds. The summed E-state index contributed by atoms with van der Waals surface area (Å²) in [5.41, 5.74) is 0. The smallest absolute Gasteiger partial charge is 0.260 e. The van der Waals surface area contributed by atoms with Crippen molar-refractivity contribution in [3.8, 4) is 0 Å². The van der Waals surface area contributed by atoms with E-state index in [4.69, 9.17) is 0 Å². The van der Waals surface area contributed by atoms with E-state index in [1.165, 1.54) is 16.8 Å². The second-order valence-electron chi connectivity index (χ2n) is 5.50. The lowest BCUT2D eigenvalue weighted by Crippen LogP contribution is -2.49. The molecule has 0 aliphatic carbocycles. The second-order valence-corrected chi connectivity index (χ2v) is 7.40. The van der Waals surface area contributed by atoms with Crippen molar-refractivity contribution < 1.29 is 8.42 Å². The van der Waals surface area contributed by atoms with E-state index in [0.717, 1.165) is 18.2 Å². The number of nitrogens with zero attached hydrogens (tertiary/aromatic N) is 5. The van der Waals surface area contributed by atoms with E-state index in [9.17, 15) is 8.42 Å². The average Bonchev–Trinajstić information content (AvgIpc) is 3.10. The summed E-state index contributed by atoms with van der Waals surface area (Å²) >= 11 is 0. The maximum Gasteiger partial charge on any atom is 0.260 e. The highest BCUT2D eigenvalue weighted by Crippen LogP contribution is 2.20. The fraction of sp³-hybridized carbons (Fsp3) is 0.500. The summed E-state index contributed by atoms with van der Waals surface area (Å²) in [5, 5.41) is 3.31. The molecule has 3 rings (SSSR count). The normalized spacial score (nSPS) is 16.3. The number of imidazole rings is 1. The SMILES string of the molecule is CCNc1cc(N2CCN(S(=O)(=O)c3cnc[nH]3)CC2)nc(C)n1. The van der Waals surface area contributed by atoms with Gasteiger partial charge in [-0.1, -0.05) is 0 Å². The third-order valence-corrected chi connectivity index (χ3v) is 5.66. The van der Waals surface area contributed by atoms with Gasteiger partial charge in [-0.05, 0) is 13.8 Å². The van der Waals surface area contributed by atoms with Crippen molar-refractivity contribution in [2.24, 2.45) is 0 Å². The topological polar surface area (TPSA) is 107 Å². The lowest BCUT2D eigenvalue weighted by Gasteiger charge is -2.34. The average molecular weight is 351 g/mol. The molecule has 2 aromatic rings. The number of hydrogen-bond donors (Lipinski definition) is 2. The fourth-order valence-corrected chi connectivity index (χ4v) is 3.98. The van der Waals surface area contributed by atoms with Crippen molar-refractivity contribution in [2.45, 2.75) is 18.9 Å². The summed E-state index contributed by atoms with van der Waals surface area (Å²) in [6.45, 7) is 6.61. The van der Waals surface area contributed by atoms with E-state index in [-0.39, 0.29) is 5.03 Å². The number of anilines is 2. The van der Waals surface area contributed by atoms with Gasteiger partial charge in [0.2, 0.25) is 0 Å². The second kappa shape index (κ2) is 6.73. The van der Waals surface area contributed by atoms with Crippen LogP contribution in [0.25, 0.3) is 0 Å². The summed E-state index contributed by atoms with van der Waals surface area (Å²) in [4.78, 5) is 17.3. The van der Waals surface area contributed by atoms with Crippen LogP contribution in [0.2, 0.25) is 0 Å². The fourth-order valence-electron chi connectivity index (χ4n) is 2.67. The van der Waals surface area contributed by atoms with Gasteiger partial charge in [0.25, 0.3) is 10.0 Å². The van der Waals surface area contributed by atoms with Gasteiger partial charge in [-0.2, -0.15) is 4.31 Å². The van der Waals surface area contributed by atoms with Crippen molar-refractivity contribution in [3.05, 3.63) is 24.4 Å². The maximum absolute atomic E-state index is 12.5. The van der Waals surface area contributed by atoms with E-state index >= 15 is 0 Å². The molecule has 0 spiro atoms. The molecular formula is C14H21N7O2S. The van der Waals surface area contributed by atoms with Gasteiger partial charge in [0, 0.05) is 38.8 Å². The number of piperazine rings is 1. The van der Waals surface area contributed by atoms with Crippen LogP contribution in [0.4, 0.5) is 11.6 Å². The summed E-state index contributed by atoms with van der Waals surface area (Å²) in [7, 11) is -3.51. The minimum Gasteiger partial charge on any atom is -0.370 e. The Kier molecular flexibility index (Phi) is 4.67. The van der Waals surface area contributed by atoms with Crippen LogP contribution in [-0.4, -0.2) is 65.4 Å². The first-order chi connectivity index (χ1) is 11.5. The number of hydrogen-bond acceptors (Lipinski definition) is 7. The minimum atomic E-state index is -3.51. The summed E-state index contributed by atoms with van der Waals surface area (Å²) in [6.07, 6.45) is 2.70. The minimum absolute atomic E-state index is 0.128. The Morgan fingerprint density at radius 2 is 2.00 bits per heavy atom. The highest BCUT2D eigenvalue weighted by molar-refractivity contribution is 7.89. The first kappa shape index (κ1) is 16.7. The monoisotopic (exact) mass is 351 g/mol. The lowest BCUT2D eigenvalue weighted by atomic mass is 10.3. The molecule has 1 aliphatic rings. The van der Waals surface area contributed by atoms with E-state index in [1.807, 2.05) is 19.9 Å². The van der Waals surface area contributed by atoms with Crippen LogP contribution in [-0.2, 0) is 10.0 Å². The molecule has 0 atom stereocenters. The third kappa shape index (κ3) is 3.34. The highest BCUT2D eigenvalue weighted by atomic mass is 32.2. The predicted molar refractivity (Wildman–Crippen MR) is 90.5 cm³/mol. The Bertz CT molecular complexity index is 783. The van der Waals surface area contributed by atoms with E-state index in [2.05, 4.69) is 30.2 Å². The molecule has 9 nitrogen and oxygen atoms in total. The van der Waals surface area contributed by atoms with Crippen LogP contribution >= 0.6 is 0 Å². The van der Waals surface area contributed by atoms with E-state index in [1.54, 1.807) is 0 Å². The van der Waals surface area contributed by atoms with Crippen molar-refractivity contribution in [1.29, 1.82) is 0 Å². The van der Waals surface area contributed by atoms with Crippen molar-refractivity contribution in [1.82, 2.24) is 24.2 Å². The Morgan fingerprint density at radius 3 is 2.62 bits per heavy atom. The molecule has 3 heterocycles. The van der Waals surface area contributed by atoms with Gasteiger partial charge in [0.05, 0.1) is 12.5 Å². The molecule has 0 saturated carbocycles. The van der Waals surface area contributed by atoms with Gasteiger partial charge in [-0.15, -0.1) is 0 Å². The Balaban J connectivity index is 1.71. The Hall–Kier alpha value is -2.20. The van der Waals surface area contributed by atoms with Crippen LogP contribution in [0.1, 0.15) is 12.7 Å². The number of aromatic amines is 1. The van der Waals surface area contributed by atoms with Gasteiger partial charge in [0.15, 0.2) is 5.03 Å². The van der Waals surface area contributed by atoms with Gasteiger partial charge >= 0.3 is 0 Å². The van der Waals surface area contributed by atoms with E-state index < -0.39 is 10.0 Å². The zero-order valence-corrected chi connectivity index (χ0v) is 14.5. The van der Waals surface area contributed by atoms with Gasteiger partial charge < -0.3 is 15.2 Å². The molecule has 130 valence electrons. The molecule has 0 unspecified atom stereocenters. The van der Waals surface area contributed by atoms with Gasteiger partial charge in [0.1, 0.15) is 17.5 Å². The largest absolute Gasteiger partial charge is 0.370 e. The number of nitrogens with one attached hydrogen (secondary N) is 2. The molecule has 2 aromatic heterocycles. The zero-order chi connectivity index (χ0) is 17.2. The van der Waals surface area contributed by atoms with Crippen LogP contribution < -0.4 is 10.2 Å². The van der Waals surface area contributed by atoms with Gasteiger partial charge in [-0.3, -0.25) is 0 Å². The molecule has 1 saturated heterocycles. The summed E-state index contributed by atoms with van der Waals surface area (Å²) in [6, 6.07) is 1.90. The molecule has 1 fully saturated rings. The molecule has 0 radical (unpaired) electrons. The molecule has 0 aromatic carbocycles. The predicted octanol–water partition coefficient (Wildman–Crippen LogP) is 0.451. The first-order valence-electron chi connectivity index (χ1n) is 7.83. The number of rotatable bonds is 5. The molecule has 2 N–H and O–H groups in total. The van der Waals surface area contributed by atoms with Crippen molar-refractivity contribution in [2.75, 3.05) is 42.9 Å². The van der Waals surface area contributed by atoms with Crippen molar-refractivity contribution in [3.63, 3.8) is 0 Å². The quantitative estimate of drug-likeness (QED) is 0.805. The summed E-state index contributed by atoms with van der Waals surface area (Å²) < 4.78 is 26.4. The molecular weight excluding hydrogens is 330 g/mol. The standard InChI is InChI=1S/C14H21N7O2S/c1-3-16-12-8-13(19-11(2)18-12)20-4-6-21(7-5-20)24(22,23)14-9-15-10-17-14/h8-10H,3-7H2,1-2H3,(H,15,17)(H,16,18,19). The highest BCUT2D eigenvalue weighted by Gasteiger charge is 2.30. The molecule has 10 heteroatoms. The lowest BCUT2D eigenvalue weighted by molar-refractivity contribution is 0.382. The van der Waals surface area contributed by atoms with Crippen LogP contribution in [0.3, 0.4) is 0 Å². The third-order valence-electron chi connectivity index (χ3n) is 3.84.